The van der Waals surface area contributed by atoms with Gasteiger partial charge in [0.2, 0.25) is 5.91 Å². The van der Waals surface area contributed by atoms with Crippen molar-refractivity contribution in [3.05, 3.63) is 35.9 Å². The number of likely N-dealkylation sites (tertiary alicyclic amines) is 1. The second-order valence-electron chi connectivity index (χ2n) is 3.88. The summed E-state index contributed by atoms with van der Waals surface area (Å²) >= 11 is 0. The minimum Gasteiger partial charge on any atom is -0.396 e. The van der Waals surface area contributed by atoms with Crippen LogP contribution in [0.5, 0.6) is 0 Å². The van der Waals surface area contributed by atoms with E-state index in [0.717, 1.165) is 5.56 Å². The summed E-state index contributed by atoms with van der Waals surface area (Å²) < 4.78 is 0. The van der Waals surface area contributed by atoms with E-state index < -0.39 is 0 Å². The molecule has 1 saturated heterocycles. The highest BCUT2D eigenvalue weighted by atomic mass is 16.3. The first-order valence-corrected chi connectivity index (χ1v) is 5.25. The Morgan fingerprint density at radius 1 is 1.33 bits per heavy atom. The molecule has 1 aromatic carbocycles. The Morgan fingerprint density at radius 2 is 2.07 bits per heavy atom. The summed E-state index contributed by atoms with van der Waals surface area (Å²) in [5.41, 5.74) is 1.15. The fraction of sp³-hybridized carbons (Fsp3) is 0.417. The number of carbonyl (C=O) groups is 1. The lowest BCUT2D eigenvalue weighted by molar-refractivity contribution is -0.147. The Morgan fingerprint density at radius 3 is 2.67 bits per heavy atom. The Bertz CT molecular complexity index is 337. The van der Waals surface area contributed by atoms with Gasteiger partial charge in [-0.1, -0.05) is 30.3 Å². The molecular weight excluding hydrogens is 190 g/mol. The lowest BCUT2D eigenvalue weighted by Gasteiger charge is -2.40. The molecule has 15 heavy (non-hydrogen) atoms. The fourth-order valence-electron chi connectivity index (χ4n) is 1.92. The van der Waals surface area contributed by atoms with E-state index in [0.29, 0.717) is 19.4 Å². The molecule has 1 aromatic rings. The quantitative estimate of drug-likeness (QED) is 0.749. The highest BCUT2D eigenvalue weighted by Gasteiger charge is 2.34. The van der Waals surface area contributed by atoms with Crippen LogP contribution in [0.1, 0.15) is 18.4 Å². The van der Waals surface area contributed by atoms with Gasteiger partial charge in [0.15, 0.2) is 0 Å². The SMILES string of the molecule is O=C1C[C@H](CCO)N1Cc1ccccc1. The fourth-order valence-corrected chi connectivity index (χ4v) is 1.92. The van der Waals surface area contributed by atoms with Crippen LogP contribution in [0, 0.1) is 0 Å². The molecule has 80 valence electrons. The molecular formula is C12H15NO2. The topological polar surface area (TPSA) is 40.5 Å². The second-order valence-corrected chi connectivity index (χ2v) is 3.88. The number of rotatable bonds is 4. The van der Waals surface area contributed by atoms with Crippen molar-refractivity contribution in [2.45, 2.75) is 25.4 Å². The second kappa shape index (κ2) is 4.45. The molecule has 3 heteroatoms. The molecule has 1 fully saturated rings. The largest absolute Gasteiger partial charge is 0.396 e. The molecule has 3 nitrogen and oxygen atoms in total. The number of hydrogen-bond acceptors (Lipinski definition) is 2. The van der Waals surface area contributed by atoms with Gasteiger partial charge >= 0.3 is 0 Å². The molecule has 0 aromatic heterocycles. The summed E-state index contributed by atoms with van der Waals surface area (Å²) in [6, 6.07) is 10.2. The normalized spacial score (nSPS) is 20.2. The van der Waals surface area contributed by atoms with Crippen LogP contribution >= 0.6 is 0 Å². The molecule has 0 bridgehead atoms. The van der Waals surface area contributed by atoms with E-state index in [2.05, 4.69) is 0 Å². The van der Waals surface area contributed by atoms with Crippen molar-refractivity contribution >= 4 is 5.91 Å². The van der Waals surface area contributed by atoms with Crippen molar-refractivity contribution in [3.63, 3.8) is 0 Å². The summed E-state index contributed by atoms with van der Waals surface area (Å²) in [6.07, 6.45) is 1.28. The van der Waals surface area contributed by atoms with Crippen molar-refractivity contribution in [1.82, 2.24) is 4.90 Å². The molecule has 1 atom stereocenters. The zero-order valence-electron chi connectivity index (χ0n) is 8.60. The van der Waals surface area contributed by atoms with E-state index in [9.17, 15) is 4.79 Å². The molecule has 1 heterocycles. The van der Waals surface area contributed by atoms with Gasteiger partial charge in [0.25, 0.3) is 0 Å². The van der Waals surface area contributed by atoms with Gasteiger partial charge in [-0.25, -0.2) is 0 Å². The number of nitrogens with zero attached hydrogens (tertiary/aromatic N) is 1. The standard InChI is InChI=1S/C12H15NO2/c14-7-6-11-8-12(15)13(11)9-10-4-2-1-3-5-10/h1-5,11,14H,6-9H2/t11-/m0/s1. The summed E-state index contributed by atoms with van der Waals surface area (Å²) in [5.74, 6) is 0.192. The van der Waals surface area contributed by atoms with Gasteiger partial charge in [-0.3, -0.25) is 4.79 Å². The molecule has 0 unspecified atom stereocenters. The lowest BCUT2D eigenvalue weighted by Crippen LogP contribution is -2.52. The maximum atomic E-state index is 11.4. The van der Waals surface area contributed by atoms with Gasteiger partial charge < -0.3 is 10.0 Å². The molecule has 0 spiro atoms. The smallest absolute Gasteiger partial charge is 0.225 e. The van der Waals surface area contributed by atoms with E-state index in [4.69, 9.17) is 5.11 Å². The van der Waals surface area contributed by atoms with Gasteiger partial charge in [-0.15, -0.1) is 0 Å². The number of hydrogen-bond donors (Lipinski definition) is 1. The van der Waals surface area contributed by atoms with Gasteiger partial charge in [-0.2, -0.15) is 0 Å². The van der Waals surface area contributed by atoms with Crippen LogP contribution in [0.15, 0.2) is 30.3 Å². The van der Waals surface area contributed by atoms with E-state index in [1.165, 1.54) is 0 Å². The highest BCUT2D eigenvalue weighted by Crippen LogP contribution is 2.24. The van der Waals surface area contributed by atoms with Crippen molar-refractivity contribution < 1.29 is 9.90 Å². The minimum atomic E-state index is 0.156. The van der Waals surface area contributed by atoms with Gasteiger partial charge in [0, 0.05) is 25.6 Å². The first-order chi connectivity index (χ1) is 7.31. The molecule has 0 saturated carbocycles. The molecule has 1 amide bonds. The first-order valence-electron chi connectivity index (χ1n) is 5.25. The van der Waals surface area contributed by atoms with Crippen LogP contribution < -0.4 is 0 Å². The number of amides is 1. The zero-order valence-corrected chi connectivity index (χ0v) is 8.60. The first kappa shape index (κ1) is 10.2. The Balaban J connectivity index is 1.96. The number of β-lactam (4-membered cyclic amide) rings is 1. The number of aliphatic hydroxyl groups is 1. The number of aliphatic hydroxyl groups excluding tert-OH is 1. The van der Waals surface area contributed by atoms with Crippen LogP contribution in [-0.2, 0) is 11.3 Å². The van der Waals surface area contributed by atoms with Crippen LogP contribution in [-0.4, -0.2) is 28.6 Å². The Hall–Kier alpha value is -1.35. The van der Waals surface area contributed by atoms with Gasteiger partial charge in [0.1, 0.15) is 0 Å². The lowest BCUT2D eigenvalue weighted by atomic mass is 9.98. The molecule has 0 aliphatic carbocycles. The van der Waals surface area contributed by atoms with Crippen LogP contribution in [0.2, 0.25) is 0 Å². The third kappa shape index (κ3) is 2.18. The molecule has 1 aliphatic rings. The maximum Gasteiger partial charge on any atom is 0.225 e. The molecule has 1 N–H and O–H groups in total. The van der Waals surface area contributed by atoms with E-state index in [1.54, 1.807) is 0 Å². The molecule has 2 rings (SSSR count). The average Bonchev–Trinajstić information content (AvgIpc) is 2.27. The summed E-state index contributed by atoms with van der Waals surface area (Å²) in [4.78, 5) is 13.2. The van der Waals surface area contributed by atoms with Crippen molar-refractivity contribution in [1.29, 1.82) is 0 Å². The Labute approximate surface area is 89.3 Å². The minimum absolute atomic E-state index is 0.156. The highest BCUT2D eigenvalue weighted by molar-refractivity contribution is 5.83. The average molecular weight is 205 g/mol. The van der Waals surface area contributed by atoms with E-state index >= 15 is 0 Å². The Kier molecular flexibility index (Phi) is 3.02. The van der Waals surface area contributed by atoms with Gasteiger partial charge in [0.05, 0.1) is 0 Å². The van der Waals surface area contributed by atoms with Crippen molar-refractivity contribution in [3.8, 4) is 0 Å². The maximum absolute atomic E-state index is 11.4. The van der Waals surface area contributed by atoms with Gasteiger partial charge in [-0.05, 0) is 12.0 Å². The monoisotopic (exact) mass is 205 g/mol. The van der Waals surface area contributed by atoms with Crippen LogP contribution in [0.4, 0.5) is 0 Å². The molecule has 1 aliphatic heterocycles. The van der Waals surface area contributed by atoms with E-state index in [1.807, 2.05) is 35.2 Å². The zero-order chi connectivity index (χ0) is 10.7. The number of carbonyl (C=O) groups excluding carboxylic acids is 1. The summed E-state index contributed by atoms with van der Waals surface area (Å²) in [6.45, 7) is 0.827. The van der Waals surface area contributed by atoms with Crippen molar-refractivity contribution in [2.24, 2.45) is 0 Å². The summed E-state index contributed by atoms with van der Waals surface area (Å²) in [5, 5.41) is 8.83. The predicted molar refractivity (Wildman–Crippen MR) is 57.1 cm³/mol. The third-order valence-corrected chi connectivity index (χ3v) is 2.83. The van der Waals surface area contributed by atoms with Crippen molar-refractivity contribution in [2.75, 3.05) is 6.61 Å². The summed E-state index contributed by atoms with van der Waals surface area (Å²) in [7, 11) is 0. The van der Waals surface area contributed by atoms with Crippen LogP contribution in [0.3, 0.4) is 0 Å². The van der Waals surface area contributed by atoms with Crippen LogP contribution in [0.25, 0.3) is 0 Å². The van der Waals surface area contributed by atoms with E-state index in [-0.39, 0.29) is 18.6 Å². The number of benzene rings is 1. The third-order valence-electron chi connectivity index (χ3n) is 2.83. The predicted octanol–water partition coefficient (Wildman–Crippen LogP) is 1.17. The molecule has 0 radical (unpaired) electrons.